The van der Waals surface area contributed by atoms with Gasteiger partial charge >= 0.3 is 0 Å². The van der Waals surface area contributed by atoms with Crippen LogP contribution in [-0.4, -0.2) is 42.6 Å². The zero-order valence-electron chi connectivity index (χ0n) is 19.6. The quantitative estimate of drug-likeness (QED) is 0.308. The third kappa shape index (κ3) is 6.12. The molecule has 4 rings (SSSR count). The second-order valence-electron chi connectivity index (χ2n) is 8.79. The number of pyridine rings is 1. The molecule has 1 aliphatic rings. The number of hydrogen-bond donors (Lipinski definition) is 1. The lowest BCUT2D eigenvalue weighted by Gasteiger charge is -2.29. The van der Waals surface area contributed by atoms with Gasteiger partial charge in [-0.1, -0.05) is 55.3 Å². The van der Waals surface area contributed by atoms with Crippen molar-refractivity contribution in [1.82, 2.24) is 9.88 Å². The molecule has 2 aromatic carbocycles. The van der Waals surface area contributed by atoms with Gasteiger partial charge in [0.2, 0.25) is 0 Å². The van der Waals surface area contributed by atoms with Crippen LogP contribution >= 0.6 is 11.8 Å². The summed E-state index contributed by atoms with van der Waals surface area (Å²) in [4.78, 5) is 12.0. The fourth-order valence-corrected chi connectivity index (χ4v) is 4.78. The molecular formula is C28H32N4S. The van der Waals surface area contributed by atoms with Crippen LogP contribution < -0.4 is 5.32 Å². The van der Waals surface area contributed by atoms with Crippen LogP contribution in [0.25, 0.3) is 21.4 Å². The minimum atomic E-state index is 0.769. The monoisotopic (exact) mass is 456 g/mol. The molecule has 0 aliphatic carbocycles. The minimum absolute atomic E-state index is 0.769. The highest BCUT2D eigenvalue weighted by atomic mass is 32.2. The third-order valence-corrected chi connectivity index (χ3v) is 7.10. The fourth-order valence-electron chi connectivity index (χ4n) is 4.28. The van der Waals surface area contributed by atoms with Gasteiger partial charge in [0.1, 0.15) is 5.82 Å². The number of piperidine rings is 1. The Morgan fingerprint density at radius 2 is 1.94 bits per heavy atom. The predicted molar refractivity (Wildman–Crippen MR) is 146 cm³/mol. The highest BCUT2D eigenvalue weighted by Gasteiger charge is 2.17. The molecule has 4 nitrogen and oxygen atoms in total. The molecule has 170 valence electrons. The van der Waals surface area contributed by atoms with E-state index in [-0.39, 0.29) is 0 Å². The maximum absolute atomic E-state index is 4.59. The fraction of sp³-hybridized carbons (Fsp3) is 0.286. The summed E-state index contributed by atoms with van der Waals surface area (Å²) in [5, 5.41) is 5.62. The van der Waals surface area contributed by atoms with E-state index in [2.05, 4.69) is 88.9 Å². The number of likely N-dealkylation sites (tertiary alicyclic amines) is 1. The molecule has 0 saturated carbocycles. The van der Waals surface area contributed by atoms with Gasteiger partial charge in [-0.05, 0) is 85.6 Å². The standard InChI is InChI=1S/C28H32N4S/c1-20(24-7-5-6-23(15-24)14-22-10-12-32(4)13-11-22)31-28-17-27-16-25(21(2)33-19-29-3)8-9-26(27)18-30-28/h5-9,15-19,22H,1-2,10-14H2,3-4H3,(H,30,31)/b29-19-. The Labute approximate surface area is 201 Å². The molecule has 2 heterocycles. The van der Waals surface area contributed by atoms with E-state index in [1.807, 2.05) is 6.20 Å². The Kier molecular flexibility index (Phi) is 7.63. The van der Waals surface area contributed by atoms with E-state index >= 15 is 0 Å². The van der Waals surface area contributed by atoms with E-state index in [1.54, 1.807) is 12.6 Å². The highest BCUT2D eigenvalue weighted by Crippen LogP contribution is 2.28. The van der Waals surface area contributed by atoms with E-state index in [0.717, 1.165) is 50.7 Å². The molecule has 5 heteroatoms. The Balaban J connectivity index is 1.46. The van der Waals surface area contributed by atoms with Gasteiger partial charge in [-0.25, -0.2) is 4.98 Å². The Morgan fingerprint density at radius 1 is 1.12 bits per heavy atom. The molecule has 1 saturated heterocycles. The van der Waals surface area contributed by atoms with Gasteiger partial charge in [0.05, 0.1) is 5.55 Å². The lowest BCUT2D eigenvalue weighted by molar-refractivity contribution is 0.219. The van der Waals surface area contributed by atoms with E-state index in [9.17, 15) is 0 Å². The van der Waals surface area contributed by atoms with Crippen LogP contribution in [-0.2, 0) is 6.42 Å². The Hall–Kier alpha value is -2.89. The molecule has 0 amide bonds. The van der Waals surface area contributed by atoms with Gasteiger partial charge in [-0.3, -0.25) is 4.99 Å². The molecule has 3 aromatic rings. The summed E-state index contributed by atoms with van der Waals surface area (Å²) in [6.45, 7) is 10.8. The molecule has 0 bridgehead atoms. The van der Waals surface area contributed by atoms with Gasteiger partial charge in [0.25, 0.3) is 0 Å². The highest BCUT2D eigenvalue weighted by molar-refractivity contribution is 8.20. The summed E-state index contributed by atoms with van der Waals surface area (Å²) < 4.78 is 0. The van der Waals surface area contributed by atoms with Crippen molar-refractivity contribution < 1.29 is 0 Å². The normalized spacial score (nSPS) is 15.2. The maximum Gasteiger partial charge on any atom is 0.130 e. The molecule has 1 aliphatic heterocycles. The van der Waals surface area contributed by atoms with Gasteiger partial charge < -0.3 is 10.2 Å². The maximum atomic E-state index is 4.59. The van der Waals surface area contributed by atoms with Crippen LogP contribution in [0.3, 0.4) is 0 Å². The largest absolute Gasteiger partial charge is 0.340 e. The molecule has 33 heavy (non-hydrogen) atoms. The average Bonchev–Trinajstić information content (AvgIpc) is 2.83. The van der Waals surface area contributed by atoms with Crippen LogP contribution in [0.2, 0.25) is 0 Å². The first-order valence-corrected chi connectivity index (χ1v) is 12.3. The lowest BCUT2D eigenvalue weighted by Crippen LogP contribution is -2.30. The van der Waals surface area contributed by atoms with Crippen molar-refractivity contribution in [3.05, 3.63) is 84.6 Å². The number of anilines is 1. The number of hydrogen-bond acceptors (Lipinski definition) is 5. The summed E-state index contributed by atoms with van der Waals surface area (Å²) in [5.41, 5.74) is 6.25. The second kappa shape index (κ2) is 10.8. The first kappa shape index (κ1) is 23.3. The zero-order valence-corrected chi connectivity index (χ0v) is 20.4. The van der Waals surface area contributed by atoms with Gasteiger partial charge in [-0.2, -0.15) is 0 Å². The Morgan fingerprint density at radius 3 is 2.73 bits per heavy atom. The average molecular weight is 457 g/mol. The number of fused-ring (bicyclic) bond motifs is 1. The van der Waals surface area contributed by atoms with Crippen LogP contribution in [0.15, 0.2) is 72.9 Å². The number of aliphatic imine (C=N–C) groups is 1. The Bertz CT molecular complexity index is 1180. The van der Waals surface area contributed by atoms with Crippen LogP contribution in [0, 0.1) is 5.92 Å². The molecule has 0 atom stereocenters. The summed E-state index contributed by atoms with van der Waals surface area (Å²) >= 11 is 1.53. The van der Waals surface area contributed by atoms with Gasteiger partial charge in [-0.15, -0.1) is 0 Å². The van der Waals surface area contributed by atoms with Crippen molar-refractivity contribution in [3.63, 3.8) is 0 Å². The van der Waals surface area contributed by atoms with Crippen LogP contribution in [0.1, 0.15) is 29.5 Å². The summed E-state index contributed by atoms with van der Waals surface area (Å²) in [7, 11) is 3.98. The topological polar surface area (TPSA) is 40.5 Å². The minimum Gasteiger partial charge on any atom is -0.340 e. The van der Waals surface area contributed by atoms with Crippen LogP contribution in [0.4, 0.5) is 5.82 Å². The number of benzene rings is 2. The van der Waals surface area contributed by atoms with E-state index in [0.29, 0.717) is 0 Å². The molecule has 1 N–H and O–H groups in total. The predicted octanol–water partition coefficient (Wildman–Crippen LogP) is 6.56. The van der Waals surface area contributed by atoms with Gasteiger partial charge in [0.15, 0.2) is 0 Å². The first-order chi connectivity index (χ1) is 16.0. The SMILES string of the molecule is C=C(Nc1cc2cc(C(=C)S/C=N\C)ccc2cn1)c1cccc(CC2CCN(C)CC2)c1. The smallest absolute Gasteiger partial charge is 0.130 e. The second-order valence-corrected chi connectivity index (χ2v) is 9.73. The summed E-state index contributed by atoms with van der Waals surface area (Å²) in [6, 6.07) is 17.1. The van der Waals surface area contributed by atoms with Crippen LogP contribution in [0.5, 0.6) is 0 Å². The first-order valence-electron chi connectivity index (χ1n) is 11.4. The van der Waals surface area contributed by atoms with Crippen molar-refractivity contribution in [2.75, 3.05) is 32.5 Å². The molecule has 0 spiro atoms. The summed E-state index contributed by atoms with van der Waals surface area (Å²) in [5.74, 6) is 1.56. The van der Waals surface area contributed by atoms with Crippen molar-refractivity contribution >= 4 is 44.5 Å². The van der Waals surface area contributed by atoms with E-state index in [1.165, 1.54) is 43.3 Å². The molecule has 0 unspecified atom stereocenters. The molecule has 1 fully saturated rings. The van der Waals surface area contributed by atoms with E-state index < -0.39 is 0 Å². The van der Waals surface area contributed by atoms with Crippen molar-refractivity contribution in [2.24, 2.45) is 10.9 Å². The number of nitrogens with zero attached hydrogens (tertiary/aromatic N) is 3. The summed E-state index contributed by atoms with van der Waals surface area (Å²) in [6.07, 6.45) is 5.59. The lowest BCUT2D eigenvalue weighted by atomic mass is 9.90. The number of aromatic nitrogens is 1. The van der Waals surface area contributed by atoms with Crippen molar-refractivity contribution in [3.8, 4) is 0 Å². The number of nitrogens with one attached hydrogen (secondary N) is 1. The third-order valence-electron chi connectivity index (χ3n) is 6.26. The number of thioether (sulfide) groups is 1. The molecule has 0 radical (unpaired) electrons. The zero-order chi connectivity index (χ0) is 23.2. The number of rotatable bonds is 8. The van der Waals surface area contributed by atoms with Crippen molar-refractivity contribution in [1.29, 1.82) is 0 Å². The van der Waals surface area contributed by atoms with Crippen molar-refractivity contribution in [2.45, 2.75) is 19.3 Å². The van der Waals surface area contributed by atoms with Gasteiger partial charge in [0, 0.05) is 29.2 Å². The molecular weight excluding hydrogens is 424 g/mol. The van der Waals surface area contributed by atoms with E-state index in [4.69, 9.17) is 0 Å². The molecule has 1 aromatic heterocycles.